The van der Waals surface area contributed by atoms with Crippen LogP contribution in [-0.2, 0) is 0 Å². The van der Waals surface area contributed by atoms with Crippen molar-refractivity contribution < 1.29 is 9.53 Å². The van der Waals surface area contributed by atoms with Gasteiger partial charge in [-0.15, -0.1) is 0 Å². The van der Waals surface area contributed by atoms with Gasteiger partial charge in [0, 0.05) is 31.2 Å². The van der Waals surface area contributed by atoms with Crippen molar-refractivity contribution >= 4 is 22.5 Å². The summed E-state index contributed by atoms with van der Waals surface area (Å²) >= 11 is 1.33. The van der Waals surface area contributed by atoms with E-state index in [9.17, 15) is 4.79 Å². The highest BCUT2D eigenvalue weighted by atomic mass is 32.1. The van der Waals surface area contributed by atoms with E-state index in [4.69, 9.17) is 14.7 Å². The number of aromatic nitrogens is 5. The third-order valence-electron chi connectivity index (χ3n) is 4.96. The first-order valence-electron chi connectivity index (χ1n) is 10.8. The first-order chi connectivity index (χ1) is 16.5. The van der Waals surface area contributed by atoms with Crippen molar-refractivity contribution in [3.8, 4) is 39.1 Å². The smallest absolute Gasteiger partial charge is 0.320 e. The van der Waals surface area contributed by atoms with Crippen LogP contribution in [0, 0.1) is 13.8 Å². The van der Waals surface area contributed by atoms with E-state index in [0.29, 0.717) is 29.0 Å². The Labute approximate surface area is 201 Å². The molecule has 0 radical (unpaired) electrons. The molecule has 0 aliphatic heterocycles. The number of rotatable bonds is 7. The van der Waals surface area contributed by atoms with Crippen LogP contribution in [0.25, 0.3) is 33.3 Å². The molecule has 2 amide bonds. The number of hydrogen-bond acceptors (Lipinski definition) is 8. The zero-order chi connectivity index (χ0) is 24.1. The normalized spacial score (nSPS) is 10.7. The van der Waals surface area contributed by atoms with E-state index in [1.807, 2.05) is 32.0 Å². The zero-order valence-corrected chi connectivity index (χ0v) is 20.2. The summed E-state index contributed by atoms with van der Waals surface area (Å²) in [6, 6.07) is 5.65. The number of ether oxygens (including phenoxy) is 1. The lowest BCUT2D eigenvalue weighted by molar-refractivity contribution is 0.254. The van der Waals surface area contributed by atoms with Crippen molar-refractivity contribution in [1.29, 1.82) is 0 Å². The van der Waals surface area contributed by atoms with E-state index in [-0.39, 0.29) is 6.03 Å². The molecule has 34 heavy (non-hydrogen) atoms. The summed E-state index contributed by atoms with van der Waals surface area (Å²) in [5.74, 6) is 1.30. The molecule has 2 N–H and O–H groups in total. The lowest BCUT2D eigenvalue weighted by Gasteiger charge is -2.14. The largest absolute Gasteiger partial charge is 0.494 e. The predicted molar refractivity (Wildman–Crippen MR) is 133 cm³/mol. The summed E-state index contributed by atoms with van der Waals surface area (Å²) in [4.78, 5) is 34.9. The molecule has 0 aliphatic rings. The highest BCUT2D eigenvalue weighted by molar-refractivity contribution is 7.19. The maximum atomic E-state index is 11.7. The zero-order valence-electron chi connectivity index (χ0n) is 19.4. The van der Waals surface area contributed by atoms with Gasteiger partial charge in [-0.3, -0.25) is 10.3 Å². The van der Waals surface area contributed by atoms with Gasteiger partial charge in [-0.2, -0.15) is 0 Å². The molecule has 4 rings (SSSR count). The number of hydrogen-bond donors (Lipinski definition) is 2. The molecule has 0 saturated heterocycles. The van der Waals surface area contributed by atoms with E-state index in [1.165, 1.54) is 11.3 Å². The van der Waals surface area contributed by atoms with E-state index in [1.54, 1.807) is 31.8 Å². The van der Waals surface area contributed by atoms with Crippen LogP contribution in [0.3, 0.4) is 0 Å². The summed E-state index contributed by atoms with van der Waals surface area (Å²) in [6.45, 7) is 6.84. The first-order valence-corrected chi connectivity index (χ1v) is 11.6. The standard InChI is InChI=1S/C24H25N7O2S/c1-5-8-33-16-9-14(2)21(15(3)10-16)18-11-17(20-13-28-24(34-20)31-23(32)25-4)29-22(30-18)19-12-26-6-7-27-19/h6-7,9-13H,5,8H2,1-4H3,(H2,25,28,31,32). The number of urea groups is 1. The highest BCUT2D eigenvalue weighted by Gasteiger charge is 2.17. The molecule has 0 fully saturated rings. The molecule has 0 atom stereocenters. The van der Waals surface area contributed by atoms with Crippen LogP contribution < -0.4 is 15.4 Å². The molecule has 0 spiro atoms. The third-order valence-corrected chi connectivity index (χ3v) is 5.89. The Morgan fingerprint density at radius 3 is 2.44 bits per heavy atom. The van der Waals surface area contributed by atoms with Crippen molar-refractivity contribution in [3.05, 3.63) is 54.1 Å². The molecular weight excluding hydrogens is 450 g/mol. The molecule has 0 aliphatic carbocycles. The van der Waals surface area contributed by atoms with Crippen molar-refractivity contribution in [2.24, 2.45) is 0 Å². The summed E-state index contributed by atoms with van der Waals surface area (Å²) in [6.07, 6.45) is 7.48. The average molecular weight is 476 g/mol. The van der Waals surface area contributed by atoms with Crippen molar-refractivity contribution in [2.75, 3.05) is 19.0 Å². The van der Waals surface area contributed by atoms with Crippen LogP contribution in [-0.4, -0.2) is 44.6 Å². The number of anilines is 1. The minimum Gasteiger partial charge on any atom is -0.494 e. The van der Waals surface area contributed by atoms with Crippen molar-refractivity contribution in [3.63, 3.8) is 0 Å². The molecule has 10 heteroatoms. The molecule has 3 aromatic heterocycles. The lowest BCUT2D eigenvalue weighted by Crippen LogP contribution is -2.24. The molecule has 174 valence electrons. The number of nitrogens with one attached hydrogen (secondary N) is 2. The average Bonchev–Trinajstić information content (AvgIpc) is 3.31. The van der Waals surface area contributed by atoms with Gasteiger partial charge >= 0.3 is 6.03 Å². The number of nitrogens with zero attached hydrogens (tertiary/aromatic N) is 5. The Hall–Kier alpha value is -3.92. The van der Waals surface area contributed by atoms with Crippen LogP contribution in [0.2, 0.25) is 0 Å². The van der Waals surface area contributed by atoms with Crippen LogP contribution in [0.5, 0.6) is 5.75 Å². The third kappa shape index (κ3) is 5.18. The number of thiazole rings is 1. The number of carbonyl (C=O) groups is 1. The van der Waals surface area contributed by atoms with Gasteiger partial charge in [-0.25, -0.2) is 24.7 Å². The second-order valence-electron chi connectivity index (χ2n) is 7.57. The summed E-state index contributed by atoms with van der Waals surface area (Å²) in [7, 11) is 1.55. The van der Waals surface area contributed by atoms with Crippen molar-refractivity contribution in [2.45, 2.75) is 27.2 Å². The predicted octanol–water partition coefficient (Wildman–Crippen LogP) is 4.88. The van der Waals surface area contributed by atoms with Gasteiger partial charge in [0.05, 0.1) is 29.1 Å². The number of amides is 2. The minimum atomic E-state index is -0.332. The Morgan fingerprint density at radius 2 is 1.76 bits per heavy atom. The quantitative estimate of drug-likeness (QED) is 0.391. The van der Waals surface area contributed by atoms with Crippen LogP contribution in [0.1, 0.15) is 24.5 Å². The first kappa shape index (κ1) is 23.2. The van der Waals surface area contributed by atoms with Gasteiger partial charge < -0.3 is 10.1 Å². The highest BCUT2D eigenvalue weighted by Crippen LogP contribution is 2.35. The second kappa shape index (κ2) is 10.3. The minimum absolute atomic E-state index is 0.332. The van der Waals surface area contributed by atoms with Crippen LogP contribution in [0.4, 0.5) is 9.93 Å². The van der Waals surface area contributed by atoms with Crippen LogP contribution >= 0.6 is 11.3 Å². The van der Waals surface area contributed by atoms with Gasteiger partial charge in [0.2, 0.25) is 0 Å². The van der Waals surface area contributed by atoms with E-state index in [0.717, 1.165) is 39.4 Å². The molecule has 1 aromatic carbocycles. The molecular formula is C24H25N7O2S. The molecule has 9 nitrogen and oxygen atoms in total. The van der Waals surface area contributed by atoms with Crippen molar-refractivity contribution in [1.82, 2.24) is 30.2 Å². The van der Waals surface area contributed by atoms with Gasteiger partial charge in [0.1, 0.15) is 11.4 Å². The van der Waals surface area contributed by atoms with Crippen LogP contribution in [0.15, 0.2) is 43.0 Å². The Kier molecular flexibility index (Phi) is 7.07. The monoisotopic (exact) mass is 475 g/mol. The Morgan fingerprint density at radius 1 is 1.00 bits per heavy atom. The van der Waals surface area contributed by atoms with Gasteiger partial charge in [0.15, 0.2) is 11.0 Å². The topological polar surface area (TPSA) is 115 Å². The summed E-state index contributed by atoms with van der Waals surface area (Å²) in [5, 5.41) is 5.68. The fraction of sp³-hybridized carbons (Fsp3) is 0.250. The molecule has 4 aromatic rings. The SMILES string of the molecule is CCCOc1cc(C)c(-c2cc(-c3cnc(NC(=O)NC)s3)nc(-c3cnccn3)n2)c(C)c1. The second-order valence-corrected chi connectivity index (χ2v) is 8.60. The molecule has 3 heterocycles. The summed E-state index contributed by atoms with van der Waals surface area (Å²) < 4.78 is 5.84. The fourth-order valence-electron chi connectivity index (χ4n) is 3.47. The van der Waals surface area contributed by atoms with Gasteiger partial charge in [-0.1, -0.05) is 18.3 Å². The summed E-state index contributed by atoms with van der Waals surface area (Å²) in [5.41, 5.74) is 5.11. The Balaban J connectivity index is 1.82. The fourth-order valence-corrected chi connectivity index (χ4v) is 4.24. The number of benzene rings is 1. The van der Waals surface area contributed by atoms with Gasteiger partial charge in [0.25, 0.3) is 0 Å². The lowest BCUT2D eigenvalue weighted by atomic mass is 9.98. The van der Waals surface area contributed by atoms with E-state index >= 15 is 0 Å². The maximum Gasteiger partial charge on any atom is 0.320 e. The number of carbonyl (C=O) groups excluding carboxylic acids is 1. The van der Waals surface area contributed by atoms with E-state index < -0.39 is 0 Å². The van der Waals surface area contributed by atoms with Gasteiger partial charge in [-0.05, 0) is 49.6 Å². The Bertz CT molecular complexity index is 1280. The maximum absolute atomic E-state index is 11.7. The number of aryl methyl sites for hydroxylation is 2. The van der Waals surface area contributed by atoms with E-state index in [2.05, 4.69) is 32.5 Å². The molecule has 0 saturated carbocycles. The molecule has 0 bridgehead atoms. The molecule has 0 unspecified atom stereocenters.